The predicted octanol–water partition coefficient (Wildman–Crippen LogP) is 5.24. The van der Waals surface area contributed by atoms with E-state index >= 15 is 0 Å². The molecule has 1 aromatic heterocycles. The van der Waals surface area contributed by atoms with Crippen molar-refractivity contribution in [3.8, 4) is 11.4 Å². The predicted molar refractivity (Wildman–Crippen MR) is 112 cm³/mol. The zero-order valence-corrected chi connectivity index (χ0v) is 17.1. The molecule has 0 radical (unpaired) electrons. The zero-order chi connectivity index (χ0) is 19.3. The number of hydrogen-bond acceptors (Lipinski definition) is 4. The van der Waals surface area contributed by atoms with Crippen LogP contribution in [0.4, 0.5) is 5.95 Å². The normalized spacial score (nSPS) is 20.8. The number of carbonyl (C=O) groups excluding carboxylic acids is 1. The number of hydrogen-bond donors (Lipinski definition) is 1. The van der Waals surface area contributed by atoms with E-state index in [1.807, 2.05) is 53.2 Å². The van der Waals surface area contributed by atoms with Crippen LogP contribution in [0.15, 0.2) is 64.8 Å². The molecule has 5 nitrogen and oxygen atoms in total. The molecular weight excluding hydrogens is 440 g/mol. The molecular formula is C21H16BrClN4O. The fourth-order valence-corrected chi connectivity index (χ4v) is 4.41. The lowest BCUT2D eigenvalue weighted by molar-refractivity contribution is -0.123. The molecule has 2 unspecified atom stereocenters. The Morgan fingerprint density at radius 2 is 1.93 bits per heavy atom. The van der Waals surface area contributed by atoms with Crippen LogP contribution in [0.3, 0.4) is 0 Å². The third-order valence-corrected chi connectivity index (χ3v) is 6.09. The minimum atomic E-state index is -0.289. The van der Waals surface area contributed by atoms with Crippen LogP contribution >= 0.6 is 27.5 Å². The van der Waals surface area contributed by atoms with Gasteiger partial charge >= 0.3 is 0 Å². The van der Waals surface area contributed by atoms with Crippen LogP contribution in [0.25, 0.3) is 11.4 Å². The number of anilines is 1. The Morgan fingerprint density at radius 3 is 2.71 bits per heavy atom. The second-order valence-corrected chi connectivity index (χ2v) is 8.27. The number of carbonyl (C=O) groups is 1. The number of aromatic nitrogens is 3. The van der Waals surface area contributed by atoms with Gasteiger partial charge in [0.1, 0.15) is 5.78 Å². The number of Topliss-reactive ketones (excluding diaryl/α,β-unsaturated/α-hetero) is 1. The van der Waals surface area contributed by atoms with Gasteiger partial charge in [-0.3, -0.25) is 4.79 Å². The number of benzene rings is 2. The molecule has 2 aromatic carbocycles. The second-order valence-electron chi connectivity index (χ2n) is 6.95. The van der Waals surface area contributed by atoms with Gasteiger partial charge < -0.3 is 5.32 Å². The number of halogens is 2. The quantitative estimate of drug-likeness (QED) is 0.574. The Balaban J connectivity index is 1.69. The largest absolute Gasteiger partial charge is 0.328 e. The van der Waals surface area contributed by atoms with Gasteiger partial charge in [-0.2, -0.15) is 4.98 Å². The molecule has 0 saturated heterocycles. The summed E-state index contributed by atoms with van der Waals surface area (Å²) in [6.45, 7) is 0. The van der Waals surface area contributed by atoms with Gasteiger partial charge in [-0.1, -0.05) is 57.9 Å². The van der Waals surface area contributed by atoms with Crippen LogP contribution in [-0.2, 0) is 4.79 Å². The molecule has 140 valence electrons. The first kappa shape index (κ1) is 17.6. The average molecular weight is 456 g/mol. The Bertz CT molecular complexity index is 1110. The first-order valence-corrected chi connectivity index (χ1v) is 10.3. The van der Waals surface area contributed by atoms with Gasteiger partial charge in [0.2, 0.25) is 5.95 Å². The molecule has 0 bridgehead atoms. The third-order valence-electron chi connectivity index (χ3n) is 5.23. The van der Waals surface area contributed by atoms with Gasteiger partial charge in [0.25, 0.3) is 0 Å². The first-order valence-electron chi connectivity index (χ1n) is 9.08. The van der Waals surface area contributed by atoms with E-state index in [0.717, 1.165) is 27.7 Å². The highest BCUT2D eigenvalue weighted by Gasteiger charge is 2.41. The second kappa shape index (κ2) is 6.87. The monoisotopic (exact) mass is 454 g/mol. The standard InChI is InChI=1S/C21H16BrClN4O/c22-13-10-8-12(9-11-13)19-18-16(6-3-7-17(18)28)24-21-25-20(26-27(19)21)14-4-1-2-5-15(14)23/h1-2,4-6,8-11,18-19H,3,7H2,(H,24,25,26). The molecule has 0 amide bonds. The van der Waals surface area contributed by atoms with Gasteiger partial charge in [-0.15, -0.1) is 5.10 Å². The van der Waals surface area contributed by atoms with E-state index < -0.39 is 0 Å². The number of allylic oxidation sites excluding steroid dienone is 2. The van der Waals surface area contributed by atoms with E-state index in [2.05, 4.69) is 32.3 Å². The number of ketones is 1. The van der Waals surface area contributed by atoms with Crippen LogP contribution in [0.1, 0.15) is 24.4 Å². The maximum absolute atomic E-state index is 12.8. The molecule has 1 aliphatic heterocycles. The Kier molecular flexibility index (Phi) is 4.33. The van der Waals surface area contributed by atoms with Crippen LogP contribution in [0, 0.1) is 5.92 Å². The van der Waals surface area contributed by atoms with Gasteiger partial charge in [0.15, 0.2) is 5.82 Å². The number of nitrogens with one attached hydrogen (secondary N) is 1. The Morgan fingerprint density at radius 1 is 1.14 bits per heavy atom. The zero-order valence-electron chi connectivity index (χ0n) is 14.8. The summed E-state index contributed by atoms with van der Waals surface area (Å²) in [5.41, 5.74) is 2.70. The average Bonchev–Trinajstić information content (AvgIpc) is 3.11. The summed E-state index contributed by atoms with van der Waals surface area (Å²) < 4.78 is 2.82. The number of nitrogens with zero attached hydrogens (tertiary/aromatic N) is 3. The van der Waals surface area contributed by atoms with Crippen LogP contribution in [-0.4, -0.2) is 20.5 Å². The van der Waals surface area contributed by atoms with Crippen molar-refractivity contribution in [2.24, 2.45) is 5.92 Å². The molecule has 3 aromatic rings. The molecule has 2 aliphatic rings. The van der Waals surface area contributed by atoms with Crippen molar-refractivity contribution in [1.29, 1.82) is 0 Å². The summed E-state index contributed by atoms with van der Waals surface area (Å²) >= 11 is 9.84. The Labute approximate surface area is 175 Å². The van der Waals surface area contributed by atoms with Crippen LogP contribution in [0.2, 0.25) is 5.02 Å². The van der Waals surface area contributed by atoms with Crippen LogP contribution < -0.4 is 5.32 Å². The molecule has 0 spiro atoms. The fraction of sp³-hybridized carbons (Fsp3) is 0.190. The smallest absolute Gasteiger partial charge is 0.226 e. The molecule has 1 N–H and O–H groups in total. The molecule has 2 heterocycles. The maximum atomic E-state index is 12.8. The lowest BCUT2D eigenvalue weighted by Gasteiger charge is -2.36. The number of rotatable bonds is 2. The van der Waals surface area contributed by atoms with Gasteiger partial charge in [0, 0.05) is 22.2 Å². The highest BCUT2D eigenvalue weighted by atomic mass is 79.9. The summed E-state index contributed by atoms with van der Waals surface area (Å²) in [6.07, 6.45) is 3.39. The molecule has 1 aliphatic carbocycles. The Hall–Kier alpha value is -2.44. The van der Waals surface area contributed by atoms with Gasteiger partial charge in [0.05, 0.1) is 17.0 Å². The third kappa shape index (κ3) is 2.88. The summed E-state index contributed by atoms with van der Waals surface area (Å²) in [5.74, 6) is 1.10. The van der Waals surface area contributed by atoms with Crippen molar-refractivity contribution >= 4 is 39.3 Å². The first-order chi connectivity index (χ1) is 13.6. The summed E-state index contributed by atoms with van der Waals surface area (Å²) in [6, 6.07) is 15.3. The van der Waals surface area contributed by atoms with Crippen molar-refractivity contribution in [2.45, 2.75) is 18.9 Å². The van der Waals surface area contributed by atoms with E-state index in [1.165, 1.54) is 0 Å². The molecule has 2 atom stereocenters. The molecule has 7 heteroatoms. The van der Waals surface area contributed by atoms with Crippen molar-refractivity contribution in [1.82, 2.24) is 14.8 Å². The van der Waals surface area contributed by atoms with E-state index in [0.29, 0.717) is 23.2 Å². The van der Waals surface area contributed by atoms with E-state index in [-0.39, 0.29) is 17.7 Å². The topological polar surface area (TPSA) is 59.8 Å². The number of fused-ring (bicyclic) bond motifs is 2. The molecule has 5 rings (SSSR count). The van der Waals surface area contributed by atoms with Crippen molar-refractivity contribution in [2.75, 3.05) is 5.32 Å². The highest BCUT2D eigenvalue weighted by Crippen LogP contribution is 2.42. The highest BCUT2D eigenvalue weighted by molar-refractivity contribution is 9.10. The minimum Gasteiger partial charge on any atom is -0.328 e. The SMILES string of the molecule is O=C1CCC=C2Nc3nc(-c4ccccc4Cl)nn3C(c3ccc(Br)cc3)C12. The molecule has 0 fully saturated rings. The maximum Gasteiger partial charge on any atom is 0.226 e. The van der Waals surface area contributed by atoms with Gasteiger partial charge in [-0.25, -0.2) is 4.68 Å². The van der Waals surface area contributed by atoms with E-state index in [1.54, 1.807) is 0 Å². The molecule has 0 saturated carbocycles. The lowest BCUT2D eigenvalue weighted by atomic mass is 9.81. The summed E-state index contributed by atoms with van der Waals surface area (Å²) in [4.78, 5) is 17.5. The fourth-order valence-electron chi connectivity index (χ4n) is 3.92. The summed E-state index contributed by atoms with van der Waals surface area (Å²) in [5, 5.41) is 8.68. The molecule has 28 heavy (non-hydrogen) atoms. The van der Waals surface area contributed by atoms with Crippen molar-refractivity contribution in [3.05, 3.63) is 75.4 Å². The van der Waals surface area contributed by atoms with E-state index in [4.69, 9.17) is 16.7 Å². The summed E-state index contributed by atoms with van der Waals surface area (Å²) in [7, 11) is 0. The van der Waals surface area contributed by atoms with Crippen molar-refractivity contribution in [3.63, 3.8) is 0 Å². The van der Waals surface area contributed by atoms with E-state index in [9.17, 15) is 4.79 Å². The van der Waals surface area contributed by atoms with Gasteiger partial charge in [-0.05, 0) is 36.2 Å². The van der Waals surface area contributed by atoms with Crippen LogP contribution in [0.5, 0.6) is 0 Å². The van der Waals surface area contributed by atoms with Crippen molar-refractivity contribution < 1.29 is 4.79 Å². The minimum absolute atomic E-state index is 0.221. The lowest BCUT2D eigenvalue weighted by Crippen LogP contribution is -2.38.